The normalized spacial score (nSPS) is 12.9. The van der Waals surface area contributed by atoms with Crippen molar-refractivity contribution >= 4 is 0 Å². The van der Waals surface area contributed by atoms with Gasteiger partial charge in [-0.2, -0.15) is 0 Å². The minimum atomic E-state index is 1.11. The standard InChI is InChI=1S/C18H21N/c1-3-4-9-17-13(2)18-15(12-19-17)11-10-14-7-5-6-8-16(14)18/h5-8,12H,3-4,9-11H2,1-2H3. The van der Waals surface area contributed by atoms with Gasteiger partial charge in [0.05, 0.1) is 0 Å². The average Bonchev–Trinajstić information content (AvgIpc) is 2.46. The first-order valence-electron chi connectivity index (χ1n) is 7.37. The minimum absolute atomic E-state index is 1.11. The van der Waals surface area contributed by atoms with E-state index < -0.39 is 0 Å². The van der Waals surface area contributed by atoms with Crippen LogP contribution in [0.3, 0.4) is 0 Å². The molecule has 19 heavy (non-hydrogen) atoms. The number of nitrogens with zero attached hydrogens (tertiary/aromatic N) is 1. The second kappa shape index (κ2) is 5.16. The Morgan fingerprint density at radius 3 is 2.74 bits per heavy atom. The number of aromatic nitrogens is 1. The van der Waals surface area contributed by atoms with Crippen LogP contribution in [0.2, 0.25) is 0 Å². The second-order valence-electron chi connectivity index (χ2n) is 5.49. The predicted molar refractivity (Wildman–Crippen MR) is 80.4 cm³/mol. The van der Waals surface area contributed by atoms with Gasteiger partial charge in [0.25, 0.3) is 0 Å². The van der Waals surface area contributed by atoms with Crippen molar-refractivity contribution in [1.29, 1.82) is 0 Å². The van der Waals surface area contributed by atoms with Gasteiger partial charge in [0.2, 0.25) is 0 Å². The Hall–Kier alpha value is -1.63. The van der Waals surface area contributed by atoms with Gasteiger partial charge in [0, 0.05) is 11.9 Å². The monoisotopic (exact) mass is 251 g/mol. The van der Waals surface area contributed by atoms with Crippen molar-refractivity contribution in [3.63, 3.8) is 0 Å². The summed E-state index contributed by atoms with van der Waals surface area (Å²) in [5, 5.41) is 0. The maximum Gasteiger partial charge on any atom is 0.0439 e. The van der Waals surface area contributed by atoms with Gasteiger partial charge in [-0.3, -0.25) is 4.98 Å². The lowest BCUT2D eigenvalue weighted by atomic mass is 9.83. The van der Waals surface area contributed by atoms with Gasteiger partial charge < -0.3 is 0 Å². The summed E-state index contributed by atoms with van der Waals surface area (Å²) in [6.07, 6.45) is 7.97. The molecule has 0 saturated heterocycles. The van der Waals surface area contributed by atoms with E-state index in [1.165, 1.54) is 46.4 Å². The molecule has 2 aromatic rings. The van der Waals surface area contributed by atoms with E-state index in [0.29, 0.717) is 0 Å². The van der Waals surface area contributed by atoms with Crippen molar-refractivity contribution in [3.8, 4) is 11.1 Å². The predicted octanol–water partition coefficient (Wildman–Crippen LogP) is 4.50. The van der Waals surface area contributed by atoms with E-state index in [1.807, 2.05) is 0 Å². The summed E-state index contributed by atoms with van der Waals surface area (Å²) >= 11 is 0. The van der Waals surface area contributed by atoms with Crippen molar-refractivity contribution in [3.05, 3.63) is 52.8 Å². The van der Waals surface area contributed by atoms with E-state index in [9.17, 15) is 0 Å². The van der Waals surface area contributed by atoms with Crippen molar-refractivity contribution in [2.24, 2.45) is 0 Å². The average molecular weight is 251 g/mol. The van der Waals surface area contributed by atoms with E-state index in [1.54, 1.807) is 0 Å². The summed E-state index contributed by atoms with van der Waals surface area (Å²) in [5.74, 6) is 0. The van der Waals surface area contributed by atoms with Crippen LogP contribution < -0.4 is 0 Å². The van der Waals surface area contributed by atoms with E-state index in [4.69, 9.17) is 4.98 Å². The molecule has 1 aliphatic rings. The fraction of sp³-hybridized carbons (Fsp3) is 0.389. The fourth-order valence-corrected chi connectivity index (χ4v) is 3.11. The Balaban J connectivity index is 2.11. The second-order valence-corrected chi connectivity index (χ2v) is 5.49. The highest BCUT2D eigenvalue weighted by molar-refractivity contribution is 5.76. The number of unbranched alkanes of at least 4 members (excludes halogenated alkanes) is 1. The molecule has 0 saturated carbocycles. The van der Waals surface area contributed by atoms with Crippen molar-refractivity contribution in [2.45, 2.75) is 46.0 Å². The topological polar surface area (TPSA) is 12.9 Å². The third-order valence-corrected chi connectivity index (χ3v) is 4.22. The molecule has 0 fully saturated rings. The smallest absolute Gasteiger partial charge is 0.0439 e. The zero-order valence-corrected chi connectivity index (χ0v) is 11.9. The third-order valence-electron chi connectivity index (χ3n) is 4.22. The molecule has 0 N–H and O–H groups in total. The number of benzene rings is 1. The van der Waals surface area contributed by atoms with E-state index in [2.05, 4.69) is 44.3 Å². The molecular weight excluding hydrogens is 230 g/mol. The van der Waals surface area contributed by atoms with Crippen LogP contribution in [0.25, 0.3) is 11.1 Å². The summed E-state index contributed by atoms with van der Waals surface area (Å²) in [4.78, 5) is 4.70. The van der Waals surface area contributed by atoms with Crippen LogP contribution in [0.1, 0.15) is 42.1 Å². The van der Waals surface area contributed by atoms with Gasteiger partial charge in [-0.05, 0) is 60.4 Å². The first kappa shape index (κ1) is 12.4. The maximum absolute atomic E-state index is 4.70. The van der Waals surface area contributed by atoms with Crippen LogP contribution in [0, 0.1) is 6.92 Å². The fourth-order valence-electron chi connectivity index (χ4n) is 3.11. The summed E-state index contributed by atoms with van der Waals surface area (Å²) in [7, 11) is 0. The van der Waals surface area contributed by atoms with Crippen molar-refractivity contribution < 1.29 is 0 Å². The molecule has 0 spiro atoms. The van der Waals surface area contributed by atoms with Crippen LogP contribution in [-0.4, -0.2) is 4.98 Å². The molecule has 0 unspecified atom stereocenters. The molecule has 0 bridgehead atoms. The van der Waals surface area contributed by atoms with Gasteiger partial charge >= 0.3 is 0 Å². The first-order valence-corrected chi connectivity index (χ1v) is 7.37. The number of fused-ring (bicyclic) bond motifs is 3. The quantitative estimate of drug-likeness (QED) is 0.782. The highest BCUT2D eigenvalue weighted by atomic mass is 14.7. The summed E-state index contributed by atoms with van der Waals surface area (Å²) in [6.45, 7) is 4.49. The molecule has 1 aliphatic carbocycles. The van der Waals surface area contributed by atoms with Gasteiger partial charge in [-0.15, -0.1) is 0 Å². The Morgan fingerprint density at radius 2 is 1.89 bits per heavy atom. The Bertz CT molecular complexity index is 599. The molecule has 3 rings (SSSR count). The van der Waals surface area contributed by atoms with Gasteiger partial charge in [0.1, 0.15) is 0 Å². The largest absolute Gasteiger partial charge is 0.261 e. The van der Waals surface area contributed by atoms with Crippen LogP contribution in [-0.2, 0) is 19.3 Å². The molecule has 0 radical (unpaired) electrons. The van der Waals surface area contributed by atoms with Crippen molar-refractivity contribution in [1.82, 2.24) is 4.98 Å². The first-order chi connectivity index (χ1) is 9.31. The molecule has 98 valence electrons. The highest BCUT2D eigenvalue weighted by Gasteiger charge is 2.19. The molecule has 1 heterocycles. The maximum atomic E-state index is 4.70. The Kier molecular flexibility index (Phi) is 3.37. The van der Waals surface area contributed by atoms with Gasteiger partial charge in [-0.1, -0.05) is 37.6 Å². The number of rotatable bonds is 3. The lowest BCUT2D eigenvalue weighted by Crippen LogP contribution is -2.08. The SMILES string of the molecule is CCCCc1ncc2c(c1C)-c1ccccc1CC2. The summed E-state index contributed by atoms with van der Waals surface area (Å²) in [5.41, 5.74) is 8.50. The number of aryl methyl sites for hydroxylation is 3. The van der Waals surface area contributed by atoms with Crippen LogP contribution >= 0.6 is 0 Å². The zero-order chi connectivity index (χ0) is 13.2. The van der Waals surface area contributed by atoms with E-state index >= 15 is 0 Å². The van der Waals surface area contributed by atoms with E-state index in [-0.39, 0.29) is 0 Å². The zero-order valence-electron chi connectivity index (χ0n) is 11.9. The molecule has 0 atom stereocenters. The molecule has 0 aliphatic heterocycles. The van der Waals surface area contributed by atoms with Crippen molar-refractivity contribution in [2.75, 3.05) is 0 Å². The molecular formula is C18H21N. The minimum Gasteiger partial charge on any atom is -0.261 e. The third kappa shape index (κ3) is 2.18. The summed E-state index contributed by atoms with van der Waals surface area (Å²) < 4.78 is 0. The number of hydrogen-bond acceptors (Lipinski definition) is 1. The van der Waals surface area contributed by atoms with Gasteiger partial charge in [0.15, 0.2) is 0 Å². The molecule has 0 amide bonds. The number of pyridine rings is 1. The lowest BCUT2D eigenvalue weighted by Gasteiger charge is -2.22. The molecule has 1 aromatic heterocycles. The Labute approximate surface area is 115 Å². The van der Waals surface area contributed by atoms with Gasteiger partial charge in [-0.25, -0.2) is 0 Å². The van der Waals surface area contributed by atoms with E-state index in [0.717, 1.165) is 19.3 Å². The van der Waals surface area contributed by atoms with Crippen LogP contribution in [0.4, 0.5) is 0 Å². The Morgan fingerprint density at radius 1 is 1.11 bits per heavy atom. The number of hydrogen-bond donors (Lipinski definition) is 0. The van der Waals surface area contributed by atoms with Crippen LogP contribution in [0.5, 0.6) is 0 Å². The lowest BCUT2D eigenvalue weighted by molar-refractivity contribution is 0.768. The van der Waals surface area contributed by atoms with Crippen LogP contribution in [0.15, 0.2) is 30.5 Å². The molecule has 1 heteroatoms. The molecule has 1 aromatic carbocycles. The summed E-state index contributed by atoms with van der Waals surface area (Å²) in [6, 6.07) is 8.84. The highest BCUT2D eigenvalue weighted by Crippen LogP contribution is 2.36. The molecule has 1 nitrogen and oxygen atoms in total.